The predicted molar refractivity (Wildman–Crippen MR) is 107 cm³/mol. The first kappa shape index (κ1) is 17.4. The monoisotopic (exact) mass is 378 g/mol. The lowest BCUT2D eigenvalue weighted by Gasteiger charge is -2.28. The Morgan fingerprint density at radius 1 is 1.14 bits per heavy atom. The van der Waals surface area contributed by atoms with Gasteiger partial charge in [0.25, 0.3) is 0 Å². The summed E-state index contributed by atoms with van der Waals surface area (Å²) < 4.78 is 5.47. The highest BCUT2D eigenvalue weighted by atomic mass is 16.5. The van der Waals surface area contributed by atoms with Crippen LogP contribution in [0.3, 0.4) is 0 Å². The number of nitrogens with two attached hydrogens (primary N) is 1. The molecule has 0 spiro atoms. The van der Waals surface area contributed by atoms with E-state index >= 15 is 0 Å². The first-order chi connectivity index (χ1) is 13.7. The summed E-state index contributed by atoms with van der Waals surface area (Å²) in [7, 11) is 0. The van der Waals surface area contributed by atoms with Crippen LogP contribution in [-0.4, -0.2) is 48.3 Å². The van der Waals surface area contributed by atoms with E-state index in [0.717, 1.165) is 74.2 Å². The molecule has 7 heteroatoms. The van der Waals surface area contributed by atoms with Gasteiger partial charge in [-0.3, -0.25) is 4.90 Å². The van der Waals surface area contributed by atoms with Crippen molar-refractivity contribution in [2.24, 2.45) is 5.73 Å². The van der Waals surface area contributed by atoms with Gasteiger partial charge in [-0.1, -0.05) is 0 Å². The predicted octanol–water partition coefficient (Wildman–Crippen LogP) is 2.72. The second-order valence-electron chi connectivity index (χ2n) is 7.64. The fourth-order valence-corrected chi connectivity index (χ4v) is 3.66. The third-order valence-electron chi connectivity index (χ3n) is 5.47. The van der Waals surface area contributed by atoms with Crippen molar-refractivity contribution in [2.75, 3.05) is 36.1 Å². The lowest BCUT2D eigenvalue weighted by molar-refractivity contribution is 0.122. The van der Waals surface area contributed by atoms with Crippen molar-refractivity contribution in [1.29, 1.82) is 0 Å². The number of morpholine rings is 1. The summed E-state index contributed by atoms with van der Waals surface area (Å²) in [5.74, 6) is 2.12. The molecular formula is C21H24N5O2. The zero-order chi connectivity index (χ0) is 19.1. The van der Waals surface area contributed by atoms with Gasteiger partial charge in [0.1, 0.15) is 5.82 Å². The topological polar surface area (TPSA) is 84.6 Å². The number of aromatic nitrogens is 2. The Labute approximate surface area is 164 Å². The molecule has 2 aromatic rings. The van der Waals surface area contributed by atoms with Gasteiger partial charge in [-0.2, -0.15) is 0 Å². The van der Waals surface area contributed by atoms with Crippen molar-refractivity contribution in [3.8, 4) is 11.4 Å². The Morgan fingerprint density at radius 2 is 1.86 bits per heavy atom. The number of carbonyl (C=O) groups excluding carboxylic acids is 1. The second-order valence-corrected chi connectivity index (χ2v) is 7.64. The molecule has 5 rings (SSSR count). The van der Waals surface area contributed by atoms with E-state index in [1.807, 2.05) is 24.3 Å². The van der Waals surface area contributed by atoms with Crippen molar-refractivity contribution in [3.63, 3.8) is 0 Å². The molecule has 2 amide bonds. The van der Waals surface area contributed by atoms with Crippen LogP contribution in [0.5, 0.6) is 0 Å². The maximum Gasteiger partial charge on any atom is 0.319 e. The van der Waals surface area contributed by atoms with E-state index < -0.39 is 6.03 Å². The maximum absolute atomic E-state index is 11.8. The van der Waals surface area contributed by atoms with Crippen LogP contribution in [0, 0.1) is 6.42 Å². The number of amides is 2. The Balaban J connectivity index is 1.46. The van der Waals surface area contributed by atoms with E-state index in [1.165, 1.54) is 0 Å². The minimum Gasteiger partial charge on any atom is -0.378 e. The summed E-state index contributed by atoms with van der Waals surface area (Å²) in [6, 6.07) is 9.78. The van der Waals surface area contributed by atoms with Crippen LogP contribution in [0.25, 0.3) is 11.4 Å². The molecule has 3 fully saturated rings. The molecule has 1 unspecified atom stereocenters. The fraction of sp³-hybridized carbons (Fsp3) is 0.429. The van der Waals surface area contributed by atoms with Gasteiger partial charge in [-0.15, -0.1) is 0 Å². The number of hydrogen-bond acceptors (Lipinski definition) is 5. The standard InChI is InChI=1S/C21H24N5O2/c22-21(27)26(17-7-8-17)16-5-3-15(4-6-16)20-23-18(14-1-2-14)13-19(24-20)25-9-11-28-12-10-25/h1,3-6,13-14,17H,2,7-12H2,(H2,22,27). The molecule has 1 saturated heterocycles. The van der Waals surface area contributed by atoms with Crippen LogP contribution in [0.15, 0.2) is 30.3 Å². The zero-order valence-electron chi connectivity index (χ0n) is 15.8. The summed E-state index contributed by atoms with van der Waals surface area (Å²) in [5.41, 5.74) is 8.42. The second kappa shape index (κ2) is 7.05. The number of primary amides is 1. The number of urea groups is 1. The number of hydrogen-bond donors (Lipinski definition) is 1. The summed E-state index contributed by atoms with van der Waals surface area (Å²) in [4.78, 5) is 25.4. The highest BCUT2D eigenvalue weighted by molar-refractivity contribution is 5.92. The molecule has 145 valence electrons. The van der Waals surface area contributed by atoms with E-state index in [-0.39, 0.29) is 6.04 Å². The highest BCUT2D eigenvalue weighted by Gasteiger charge is 2.32. The van der Waals surface area contributed by atoms with E-state index in [0.29, 0.717) is 5.92 Å². The number of ether oxygens (including phenoxy) is 1. The Kier molecular flexibility index (Phi) is 4.39. The van der Waals surface area contributed by atoms with Crippen LogP contribution in [0.2, 0.25) is 0 Å². The van der Waals surface area contributed by atoms with Gasteiger partial charge in [-0.05, 0) is 49.9 Å². The van der Waals surface area contributed by atoms with Crippen LogP contribution >= 0.6 is 0 Å². The molecule has 1 atom stereocenters. The molecule has 3 aliphatic rings. The van der Waals surface area contributed by atoms with Crippen molar-refractivity contribution >= 4 is 17.5 Å². The minimum absolute atomic E-state index is 0.237. The number of benzene rings is 1. The number of rotatable bonds is 5. The van der Waals surface area contributed by atoms with Gasteiger partial charge >= 0.3 is 6.03 Å². The van der Waals surface area contributed by atoms with Gasteiger partial charge in [0.15, 0.2) is 5.82 Å². The third-order valence-corrected chi connectivity index (χ3v) is 5.47. The zero-order valence-corrected chi connectivity index (χ0v) is 15.8. The molecule has 2 aliphatic carbocycles. The van der Waals surface area contributed by atoms with E-state index in [2.05, 4.69) is 17.4 Å². The largest absolute Gasteiger partial charge is 0.378 e. The Bertz CT molecular complexity index is 871. The van der Waals surface area contributed by atoms with E-state index in [9.17, 15) is 4.79 Å². The maximum atomic E-state index is 11.8. The van der Waals surface area contributed by atoms with Gasteiger partial charge in [-0.25, -0.2) is 14.8 Å². The summed E-state index contributed by atoms with van der Waals surface area (Å²) in [5, 5.41) is 0. The van der Waals surface area contributed by atoms with Gasteiger partial charge in [0.2, 0.25) is 0 Å². The minimum atomic E-state index is -0.396. The van der Waals surface area contributed by atoms with Crippen LogP contribution < -0.4 is 15.5 Å². The summed E-state index contributed by atoms with van der Waals surface area (Å²) >= 11 is 0. The molecule has 7 nitrogen and oxygen atoms in total. The first-order valence-electron chi connectivity index (χ1n) is 9.93. The normalized spacial score (nSPS) is 19.5. The Morgan fingerprint density at radius 3 is 2.46 bits per heavy atom. The fourth-order valence-electron chi connectivity index (χ4n) is 3.66. The lowest BCUT2D eigenvalue weighted by atomic mass is 10.1. The molecule has 1 aliphatic heterocycles. The Hall–Kier alpha value is -2.67. The highest BCUT2D eigenvalue weighted by Crippen LogP contribution is 2.39. The van der Waals surface area contributed by atoms with Crippen molar-refractivity contribution < 1.29 is 9.53 Å². The molecule has 2 saturated carbocycles. The van der Waals surface area contributed by atoms with E-state index in [1.54, 1.807) is 4.90 Å². The van der Waals surface area contributed by atoms with Gasteiger partial charge in [0, 0.05) is 48.1 Å². The molecule has 2 heterocycles. The molecule has 1 aromatic carbocycles. The lowest BCUT2D eigenvalue weighted by Crippen LogP contribution is -2.37. The van der Waals surface area contributed by atoms with Crippen LogP contribution in [0.4, 0.5) is 16.3 Å². The molecule has 1 aromatic heterocycles. The number of carbonyl (C=O) groups is 1. The molecule has 1 radical (unpaired) electrons. The average Bonchev–Trinajstić information content (AvgIpc) is 3.63. The van der Waals surface area contributed by atoms with Crippen LogP contribution in [0.1, 0.15) is 30.9 Å². The van der Waals surface area contributed by atoms with E-state index in [4.69, 9.17) is 20.4 Å². The number of nitrogens with zero attached hydrogens (tertiary/aromatic N) is 4. The molecule has 2 N–H and O–H groups in total. The summed E-state index contributed by atoms with van der Waals surface area (Å²) in [6.07, 6.45) is 5.36. The molecule has 0 bridgehead atoms. The first-order valence-corrected chi connectivity index (χ1v) is 9.93. The van der Waals surface area contributed by atoms with Crippen molar-refractivity contribution in [2.45, 2.75) is 31.2 Å². The molecular weight excluding hydrogens is 354 g/mol. The number of anilines is 2. The molecule has 28 heavy (non-hydrogen) atoms. The van der Waals surface area contributed by atoms with Crippen molar-refractivity contribution in [1.82, 2.24) is 9.97 Å². The van der Waals surface area contributed by atoms with Crippen molar-refractivity contribution in [3.05, 3.63) is 42.4 Å². The third kappa shape index (κ3) is 3.54. The SMILES string of the molecule is NC(=O)N(c1ccc(-c2nc(C3[CH]C3)cc(N3CCOCC3)n2)cc1)C1CC1. The van der Waals surface area contributed by atoms with Crippen LogP contribution in [-0.2, 0) is 4.74 Å². The van der Waals surface area contributed by atoms with Gasteiger partial charge in [0.05, 0.1) is 13.2 Å². The average molecular weight is 378 g/mol. The smallest absolute Gasteiger partial charge is 0.319 e. The quantitative estimate of drug-likeness (QED) is 0.865. The summed E-state index contributed by atoms with van der Waals surface area (Å²) in [6.45, 7) is 3.14. The van der Waals surface area contributed by atoms with Gasteiger partial charge < -0.3 is 15.4 Å².